The van der Waals surface area contributed by atoms with Gasteiger partial charge in [-0.3, -0.25) is 9.59 Å². The minimum Gasteiger partial charge on any atom is -0.355 e. The van der Waals surface area contributed by atoms with Crippen LogP contribution in [0.25, 0.3) is 0 Å². The first-order chi connectivity index (χ1) is 6.61. The molecule has 0 aliphatic rings. The van der Waals surface area contributed by atoms with Crippen LogP contribution in [0.3, 0.4) is 0 Å². The molecule has 0 bridgehead atoms. The molecular formula is C9H18N2O2S. The third-order valence-corrected chi connectivity index (χ3v) is 2.51. The van der Waals surface area contributed by atoms with Gasteiger partial charge in [0, 0.05) is 19.2 Å². The third-order valence-electron chi connectivity index (χ3n) is 1.53. The summed E-state index contributed by atoms with van der Waals surface area (Å²) in [6, 6.07) is -0.405. The second-order valence-electron chi connectivity index (χ2n) is 2.81. The first-order valence-electron chi connectivity index (χ1n) is 4.74. The van der Waals surface area contributed by atoms with Crippen LogP contribution in [0.15, 0.2) is 0 Å². The van der Waals surface area contributed by atoms with Gasteiger partial charge in [0.05, 0.1) is 0 Å². The van der Waals surface area contributed by atoms with Crippen molar-refractivity contribution in [3.05, 3.63) is 0 Å². The van der Waals surface area contributed by atoms with E-state index in [4.69, 9.17) is 0 Å². The lowest BCUT2D eigenvalue weighted by atomic mass is 10.3. The molecule has 1 atom stereocenters. The fraction of sp³-hybridized carbons (Fsp3) is 0.778. The SMILES string of the molecule is CCNC(=O)[C@H](CSCC)NC(C)=O. The first kappa shape index (κ1) is 13.3. The average molecular weight is 218 g/mol. The topological polar surface area (TPSA) is 58.2 Å². The standard InChI is InChI=1S/C9H18N2O2S/c1-4-10-9(13)8(6-14-5-2)11-7(3)12/h8H,4-6H2,1-3H3,(H,10,13)(H,11,12)/t8-/m0/s1. The second-order valence-corrected chi connectivity index (χ2v) is 4.13. The van der Waals surface area contributed by atoms with Gasteiger partial charge < -0.3 is 10.6 Å². The number of thioether (sulfide) groups is 1. The lowest BCUT2D eigenvalue weighted by molar-refractivity contribution is -0.127. The number of rotatable bonds is 6. The Bertz CT molecular complexity index is 197. The van der Waals surface area contributed by atoms with Gasteiger partial charge in [-0.1, -0.05) is 6.92 Å². The number of hydrogen-bond acceptors (Lipinski definition) is 3. The molecule has 0 saturated heterocycles. The Morgan fingerprint density at radius 3 is 2.43 bits per heavy atom. The van der Waals surface area contributed by atoms with Crippen molar-refractivity contribution < 1.29 is 9.59 Å². The summed E-state index contributed by atoms with van der Waals surface area (Å²) in [5, 5.41) is 5.32. The fourth-order valence-electron chi connectivity index (χ4n) is 0.961. The van der Waals surface area contributed by atoms with Crippen LogP contribution in [0, 0.1) is 0 Å². The Morgan fingerprint density at radius 2 is 2.00 bits per heavy atom. The number of hydrogen-bond donors (Lipinski definition) is 2. The second kappa shape index (κ2) is 7.67. The van der Waals surface area contributed by atoms with Gasteiger partial charge in [0.15, 0.2) is 0 Å². The number of carbonyl (C=O) groups is 2. The average Bonchev–Trinajstić information content (AvgIpc) is 2.12. The Balaban J connectivity index is 4.08. The Hall–Kier alpha value is -0.710. The molecule has 0 unspecified atom stereocenters. The molecule has 0 fully saturated rings. The van der Waals surface area contributed by atoms with Crippen LogP contribution in [0.5, 0.6) is 0 Å². The van der Waals surface area contributed by atoms with Crippen molar-refractivity contribution in [1.82, 2.24) is 10.6 Å². The van der Waals surface area contributed by atoms with Crippen LogP contribution in [0.1, 0.15) is 20.8 Å². The van der Waals surface area contributed by atoms with Crippen LogP contribution < -0.4 is 10.6 Å². The molecule has 14 heavy (non-hydrogen) atoms. The zero-order valence-electron chi connectivity index (χ0n) is 8.92. The summed E-state index contributed by atoms with van der Waals surface area (Å²) in [6.07, 6.45) is 0. The van der Waals surface area contributed by atoms with Gasteiger partial charge >= 0.3 is 0 Å². The summed E-state index contributed by atoms with van der Waals surface area (Å²) in [5.74, 6) is 1.29. The first-order valence-corrected chi connectivity index (χ1v) is 5.89. The maximum atomic E-state index is 11.4. The highest BCUT2D eigenvalue weighted by Gasteiger charge is 2.17. The summed E-state index contributed by atoms with van der Waals surface area (Å²) < 4.78 is 0. The van der Waals surface area contributed by atoms with E-state index < -0.39 is 6.04 Å². The van der Waals surface area contributed by atoms with E-state index in [1.165, 1.54) is 6.92 Å². The fourth-order valence-corrected chi connectivity index (χ4v) is 1.67. The number of likely N-dealkylation sites (N-methyl/N-ethyl adjacent to an activating group) is 1. The van der Waals surface area contributed by atoms with Crippen molar-refractivity contribution in [3.63, 3.8) is 0 Å². The molecule has 0 spiro atoms. The number of carbonyl (C=O) groups excluding carboxylic acids is 2. The van der Waals surface area contributed by atoms with Crippen molar-refractivity contribution in [1.29, 1.82) is 0 Å². The predicted octanol–water partition coefficient (Wildman–Crippen LogP) is 0.380. The van der Waals surface area contributed by atoms with E-state index in [2.05, 4.69) is 10.6 Å². The summed E-state index contributed by atoms with van der Waals surface area (Å²) >= 11 is 1.64. The van der Waals surface area contributed by atoms with Crippen LogP contribution in [-0.4, -0.2) is 35.9 Å². The molecule has 2 amide bonds. The Labute approximate surface area is 89.2 Å². The largest absolute Gasteiger partial charge is 0.355 e. The Morgan fingerprint density at radius 1 is 1.36 bits per heavy atom. The van der Waals surface area contributed by atoms with Crippen molar-refractivity contribution in [2.75, 3.05) is 18.1 Å². The highest BCUT2D eigenvalue weighted by atomic mass is 32.2. The quantitative estimate of drug-likeness (QED) is 0.677. The summed E-state index contributed by atoms with van der Waals surface area (Å²) in [5.41, 5.74) is 0. The predicted molar refractivity (Wildman–Crippen MR) is 59.3 cm³/mol. The highest BCUT2D eigenvalue weighted by molar-refractivity contribution is 7.99. The van der Waals surface area contributed by atoms with Gasteiger partial charge in [0.25, 0.3) is 0 Å². The van der Waals surface area contributed by atoms with Gasteiger partial charge in [0.2, 0.25) is 11.8 Å². The molecule has 0 saturated carbocycles. The van der Waals surface area contributed by atoms with Crippen LogP contribution in [0.2, 0.25) is 0 Å². The smallest absolute Gasteiger partial charge is 0.243 e. The van der Waals surface area contributed by atoms with Gasteiger partial charge in [0.1, 0.15) is 6.04 Å². The van der Waals surface area contributed by atoms with Crippen LogP contribution in [0.4, 0.5) is 0 Å². The molecule has 0 heterocycles. The maximum Gasteiger partial charge on any atom is 0.243 e. The van der Waals surface area contributed by atoms with Crippen molar-refractivity contribution in [3.8, 4) is 0 Å². The molecular weight excluding hydrogens is 200 g/mol. The van der Waals surface area contributed by atoms with Crippen molar-refractivity contribution >= 4 is 23.6 Å². The van der Waals surface area contributed by atoms with E-state index in [1.54, 1.807) is 11.8 Å². The lowest BCUT2D eigenvalue weighted by Gasteiger charge is -2.16. The van der Waals surface area contributed by atoms with E-state index in [9.17, 15) is 9.59 Å². The molecule has 0 aliphatic heterocycles. The Kier molecular flexibility index (Phi) is 7.28. The van der Waals surface area contributed by atoms with Gasteiger partial charge in [-0.2, -0.15) is 11.8 Å². The van der Waals surface area contributed by atoms with E-state index in [0.29, 0.717) is 12.3 Å². The van der Waals surface area contributed by atoms with Crippen LogP contribution >= 0.6 is 11.8 Å². The van der Waals surface area contributed by atoms with E-state index in [0.717, 1.165) is 5.75 Å². The van der Waals surface area contributed by atoms with Gasteiger partial charge in [-0.05, 0) is 12.7 Å². The van der Waals surface area contributed by atoms with Gasteiger partial charge in [-0.15, -0.1) is 0 Å². The molecule has 0 aromatic rings. The van der Waals surface area contributed by atoms with Crippen molar-refractivity contribution in [2.45, 2.75) is 26.8 Å². The number of amides is 2. The lowest BCUT2D eigenvalue weighted by Crippen LogP contribution is -2.47. The molecule has 2 N–H and O–H groups in total. The highest BCUT2D eigenvalue weighted by Crippen LogP contribution is 2.02. The summed E-state index contributed by atoms with van der Waals surface area (Å²) in [4.78, 5) is 22.3. The number of nitrogens with one attached hydrogen (secondary N) is 2. The third kappa shape index (κ3) is 5.85. The zero-order chi connectivity index (χ0) is 11.0. The van der Waals surface area contributed by atoms with E-state index in [1.807, 2.05) is 13.8 Å². The minimum atomic E-state index is -0.405. The molecule has 0 rings (SSSR count). The van der Waals surface area contributed by atoms with Gasteiger partial charge in [-0.25, -0.2) is 0 Å². The molecule has 0 aliphatic carbocycles. The zero-order valence-corrected chi connectivity index (χ0v) is 9.74. The normalized spacial score (nSPS) is 11.9. The van der Waals surface area contributed by atoms with E-state index >= 15 is 0 Å². The molecule has 0 aromatic carbocycles. The van der Waals surface area contributed by atoms with Crippen molar-refractivity contribution in [2.24, 2.45) is 0 Å². The maximum absolute atomic E-state index is 11.4. The van der Waals surface area contributed by atoms with Crippen LogP contribution in [-0.2, 0) is 9.59 Å². The molecule has 0 aromatic heterocycles. The molecule has 0 radical (unpaired) electrons. The molecule has 4 nitrogen and oxygen atoms in total. The summed E-state index contributed by atoms with van der Waals surface area (Å²) in [6.45, 7) is 5.89. The monoisotopic (exact) mass is 218 g/mol. The minimum absolute atomic E-state index is 0.108. The summed E-state index contributed by atoms with van der Waals surface area (Å²) in [7, 11) is 0. The van der Waals surface area contributed by atoms with E-state index in [-0.39, 0.29) is 11.8 Å². The molecule has 82 valence electrons. The molecule has 5 heteroatoms.